The molecule has 2 unspecified atom stereocenters. The molecule has 0 radical (unpaired) electrons. The molecule has 2 heterocycles. The lowest BCUT2D eigenvalue weighted by atomic mass is 9.89. The summed E-state index contributed by atoms with van der Waals surface area (Å²) in [7, 11) is 0. The van der Waals surface area contributed by atoms with Crippen LogP contribution in [0.15, 0.2) is 0 Å². The molecule has 0 spiro atoms. The summed E-state index contributed by atoms with van der Waals surface area (Å²) in [6.07, 6.45) is 1.28. The zero-order chi connectivity index (χ0) is 10.8. The summed E-state index contributed by atoms with van der Waals surface area (Å²) < 4.78 is 3.86. The van der Waals surface area contributed by atoms with Gasteiger partial charge in [0.15, 0.2) is 0 Å². The van der Waals surface area contributed by atoms with Crippen molar-refractivity contribution >= 4 is 16.5 Å². The number of hydrogen-bond acceptors (Lipinski definition) is 5. The lowest BCUT2D eigenvalue weighted by molar-refractivity contribution is 0.131. The zero-order valence-corrected chi connectivity index (χ0v) is 10.1. The average Bonchev–Trinajstić information content (AvgIpc) is 2.59. The highest BCUT2D eigenvalue weighted by atomic mass is 32.1. The van der Waals surface area contributed by atoms with E-state index in [0.717, 1.165) is 42.2 Å². The third kappa shape index (κ3) is 2.46. The molecular weight excluding hydrogens is 208 g/mol. The van der Waals surface area contributed by atoms with Crippen molar-refractivity contribution in [3.05, 3.63) is 5.69 Å². The SMILES string of the molecule is CC1CCN(Cc2nnsc2N)CC1C. The van der Waals surface area contributed by atoms with Crippen LogP contribution in [-0.4, -0.2) is 27.6 Å². The van der Waals surface area contributed by atoms with Crippen molar-refractivity contribution in [1.29, 1.82) is 0 Å². The van der Waals surface area contributed by atoms with E-state index in [2.05, 4.69) is 28.3 Å². The molecule has 84 valence electrons. The summed E-state index contributed by atoms with van der Waals surface area (Å²) in [5, 5.41) is 4.82. The standard InChI is InChI=1S/C10H18N4S/c1-7-3-4-14(5-8(7)2)6-9-10(11)15-13-12-9/h7-8H,3-6,11H2,1-2H3. The summed E-state index contributed by atoms with van der Waals surface area (Å²) in [4.78, 5) is 2.43. The van der Waals surface area contributed by atoms with Crippen LogP contribution < -0.4 is 5.73 Å². The minimum Gasteiger partial charge on any atom is -0.388 e. The van der Waals surface area contributed by atoms with E-state index >= 15 is 0 Å². The monoisotopic (exact) mass is 226 g/mol. The summed E-state index contributed by atoms with van der Waals surface area (Å²) in [6, 6.07) is 0. The van der Waals surface area contributed by atoms with E-state index in [1.165, 1.54) is 18.0 Å². The Hall–Kier alpha value is -0.680. The van der Waals surface area contributed by atoms with Crippen molar-refractivity contribution in [2.24, 2.45) is 11.8 Å². The van der Waals surface area contributed by atoms with Crippen LogP contribution in [0.25, 0.3) is 0 Å². The van der Waals surface area contributed by atoms with E-state index in [-0.39, 0.29) is 0 Å². The number of anilines is 1. The molecule has 5 heteroatoms. The lowest BCUT2D eigenvalue weighted by Gasteiger charge is -2.34. The molecule has 0 bridgehead atoms. The third-order valence-electron chi connectivity index (χ3n) is 3.38. The molecule has 0 amide bonds. The molecule has 2 rings (SSSR count). The number of likely N-dealkylation sites (tertiary alicyclic amines) is 1. The summed E-state index contributed by atoms with van der Waals surface area (Å²) >= 11 is 1.28. The number of nitrogens with two attached hydrogens (primary N) is 1. The van der Waals surface area contributed by atoms with E-state index in [9.17, 15) is 0 Å². The van der Waals surface area contributed by atoms with Gasteiger partial charge in [0.05, 0.1) is 0 Å². The Morgan fingerprint density at radius 2 is 2.27 bits per heavy atom. The number of hydrogen-bond donors (Lipinski definition) is 1. The van der Waals surface area contributed by atoms with Gasteiger partial charge in [-0.3, -0.25) is 4.90 Å². The Kier molecular flexibility index (Phi) is 3.21. The Balaban J connectivity index is 1.94. The van der Waals surface area contributed by atoms with Gasteiger partial charge in [-0.25, -0.2) is 0 Å². The van der Waals surface area contributed by atoms with E-state index in [0.29, 0.717) is 0 Å². The molecule has 1 saturated heterocycles. The van der Waals surface area contributed by atoms with E-state index < -0.39 is 0 Å². The molecular formula is C10H18N4S. The highest BCUT2D eigenvalue weighted by Gasteiger charge is 2.23. The van der Waals surface area contributed by atoms with E-state index in [1.54, 1.807) is 0 Å². The summed E-state index contributed by atoms with van der Waals surface area (Å²) in [5.41, 5.74) is 6.73. The van der Waals surface area contributed by atoms with Crippen LogP contribution in [0.5, 0.6) is 0 Å². The van der Waals surface area contributed by atoms with Gasteiger partial charge in [-0.1, -0.05) is 18.3 Å². The highest BCUT2D eigenvalue weighted by molar-refractivity contribution is 7.09. The van der Waals surface area contributed by atoms with E-state index in [1.807, 2.05) is 0 Å². The van der Waals surface area contributed by atoms with Crippen LogP contribution in [0.2, 0.25) is 0 Å². The maximum Gasteiger partial charge on any atom is 0.132 e. The van der Waals surface area contributed by atoms with Gasteiger partial charge in [0.2, 0.25) is 0 Å². The largest absolute Gasteiger partial charge is 0.388 e. The van der Waals surface area contributed by atoms with Crippen LogP contribution in [0.4, 0.5) is 5.00 Å². The number of piperidine rings is 1. The Morgan fingerprint density at radius 1 is 1.47 bits per heavy atom. The molecule has 0 aromatic carbocycles. The van der Waals surface area contributed by atoms with Gasteiger partial charge >= 0.3 is 0 Å². The lowest BCUT2D eigenvalue weighted by Crippen LogP contribution is -2.38. The van der Waals surface area contributed by atoms with Crippen molar-refractivity contribution in [2.75, 3.05) is 18.8 Å². The Labute approximate surface area is 94.6 Å². The number of nitrogens with zero attached hydrogens (tertiary/aromatic N) is 3. The normalized spacial score (nSPS) is 28.1. The predicted octanol–water partition coefficient (Wildman–Crippen LogP) is 1.60. The van der Waals surface area contributed by atoms with Gasteiger partial charge in [0, 0.05) is 24.6 Å². The van der Waals surface area contributed by atoms with Crippen LogP contribution in [-0.2, 0) is 6.54 Å². The fourth-order valence-corrected chi connectivity index (χ4v) is 2.47. The third-order valence-corrected chi connectivity index (χ3v) is 3.97. The molecule has 2 N–H and O–H groups in total. The van der Waals surface area contributed by atoms with Gasteiger partial charge in [-0.05, 0) is 24.8 Å². The molecule has 1 fully saturated rings. The van der Waals surface area contributed by atoms with Crippen molar-refractivity contribution in [3.63, 3.8) is 0 Å². The fourth-order valence-electron chi connectivity index (χ4n) is 2.03. The number of rotatable bonds is 2. The molecule has 0 saturated carbocycles. The first-order valence-corrected chi connectivity index (χ1v) is 6.23. The van der Waals surface area contributed by atoms with Crippen molar-refractivity contribution in [2.45, 2.75) is 26.8 Å². The quantitative estimate of drug-likeness (QED) is 0.832. The molecule has 15 heavy (non-hydrogen) atoms. The molecule has 1 aliphatic heterocycles. The smallest absolute Gasteiger partial charge is 0.132 e. The second-order valence-corrected chi connectivity index (χ2v) is 5.35. The van der Waals surface area contributed by atoms with Crippen LogP contribution >= 0.6 is 11.5 Å². The number of nitrogen functional groups attached to an aromatic ring is 1. The van der Waals surface area contributed by atoms with Crippen LogP contribution in [0, 0.1) is 11.8 Å². The van der Waals surface area contributed by atoms with Gasteiger partial charge in [-0.15, -0.1) is 5.10 Å². The average molecular weight is 226 g/mol. The van der Waals surface area contributed by atoms with Gasteiger partial charge in [0.25, 0.3) is 0 Å². The molecule has 4 nitrogen and oxygen atoms in total. The van der Waals surface area contributed by atoms with Gasteiger partial charge in [0.1, 0.15) is 10.7 Å². The minimum absolute atomic E-state index is 0.765. The molecule has 1 aliphatic rings. The number of aromatic nitrogens is 2. The van der Waals surface area contributed by atoms with Crippen molar-refractivity contribution in [3.8, 4) is 0 Å². The second kappa shape index (κ2) is 4.45. The Bertz CT molecular complexity index is 325. The van der Waals surface area contributed by atoms with Crippen LogP contribution in [0.3, 0.4) is 0 Å². The van der Waals surface area contributed by atoms with Gasteiger partial charge in [-0.2, -0.15) is 0 Å². The first-order valence-electron chi connectivity index (χ1n) is 5.46. The predicted molar refractivity (Wildman–Crippen MR) is 62.5 cm³/mol. The maximum absolute atomic E-state index is 5.79. The second-order valence-electron chi connectivity index (χ2n) is 4.56. The van der Waals surface area contributed by atoms with Gasteiger partial charge < -0.3 is 5.73 Å². The molecule has 1 aromatic heterocycles. The zero-order valence-electron chi connectivity index (χ0n) is 9.31. The molecule has 0 aliphatic carbocycles. The maximum atomic E-state index is 5.79. The minimum atomic E-state index is 0.765. The topological polar surface area (TPSA) is 55.0 Å². The molecule has 1 aromatic rings. The van der Waals surface area contributed by atoms with Crippen LogP contribution in [0.1, 0.15) is 26.0 Å². The first kappa shape index (κ1) is 10.8. The highest BCUT2D eigenvalue weighted by Crippen LogP contribution is 2.24. The first-order chi connectivity index (χ1) is 7.16. The van der Waals surface area contributed by atoms with E-state index in [4.69, 9.17) is 5.73 Å². The molecule has 2 atom stereocenters. The summed E-state index contributed by atoms with van der Waals surface area (Å²) in [5.74, 6) is 1.61. The van der Waals surface area contributed by atoms with Crippen molar-refractivity contribution in [1.82, 2.24) is 14.5 Å². The fraction of sp³-hybridized carbons (Fsp3) is 0.800. The van der Waals surface area contributed by atoms with Crippen molar-refractivity contribution < 1.29 is 0 Å². The summed E-state index contributed by atoms with van der Waals surface area (Å²) in [6.45, 7) is 7.82. The Morgan fingerprint density at radius 3 is 2.87 bits per heavy atom.